The molecule has 1 N–H and O–H groups in total. The van der Waals surface area contributed by atoms with Crippen LogP contribution in [0, 0.1) is 0 Å². The molecule has 2 rings (SSSR count). The van der Waals surface area contributed by atoms with Crippen molar-refractivity contribution in [3.63, 3.8) is 0 Å². The number of hydrogen-bond acceptors (Lipinski definition) is 4. The molecule has 0 aliphatic heterocycles. The maximum atomic E-state index is 13.5. The van der Waals surface area contributed by atoms with E-state index in [2.05, 4.69) is 5.32 Å². The van der Waals surface area contributed by atoms with Crippen molar-refractivity contribution in [3.8, 4) is 0 Å². The molecule has 8 nitrogen and oxygen atoms in total. The van der Waals surface area contributed by atoms with E-state index in [1.807, 2.05) is 44.2 Å². The molecule has 0 saturated heterocycles. The highest BCUT2D eigenvalue weighted by Gasteiger charge is 2.32. The lowest BCUT2D eigenvalue weighted by Crippen LogP contribution is -2.53. The van der Waals surface area contributed by atoms with Gasteiger partial charge in [0.25, 0.3) is 0 Å². The Bertz CT molecular complexity index is 1010. The molecule has 33 heavy (non-hydrogen) atoms. The smallest absolute Gasteiger partial charge is 0.304 e. The number of para-hydroxylation sites is 1. The predicted octanol–water partition coefficient (Wildman–Crippen LogP) is 2.63. The number of anilines is 1. The fourth-order valence-electron chi connectivity index (χ4n) is 3.14. The van der Waals surface area contributed by atoms with Crippen molar-refractivity contribution in [3.05, 3.63) is 66.2 Å². The number of nitrogens with zero attached hydrogens (tertiary/aromatic N) is 3. The lowest BCUT2D eigenvalue weighted by atomic mass is 10.1. The first kappa shape index (κ1) is 26.3. The monoisotopic (exact) mass is 474 g/mol. The molecule has 2 aromatic rings. The van der Waals surface area contributed by atoms with Gasteiger partial charge in [0.05, 0.1) is 5.69 Å². The molecule has 0 unspecified atom stereocenters. The van der Waals surface area contributed by atoms with Gasteiger partial charge in [0.15, 0.2) is 0 Å². The van der Waals surface area contributed by atoms with Gasteiger partial charge < -0.3 is 10.2 Å². The first-order chi connectivity index (χ1) is 15.6. The zero-order chi connectivity index (χ0) is 24.6. The Balaban J connectivity index is 2.39. The Morgan fingerprint density at radius 3 is 2.00 bits per heavy atom. The molecule has 9 heteroatoms. The van der Waals surface area contributed by atoms with E-state index in [1.54, 1.807) is 37.3 Å². The minimum atomic E-state index is -3.94. The van der Waals surface area contributed by atoms with E-state index in [4.69, 9.17) is 0 Å². The second-order valence-corrected chi connectivity index (χ2v) is 10.2. The van der Waals surface area contributed by atoms with Gasteiger partial charge in [-0.3, -0.25) is 9.59 Å². The average Bonchev–Trinajstić information content (AvgIpc) is 2.81. The molecule has 0 saturated carbocycles. The molecule has 0 fully saturated rings. The van der Waals surface area contributed by atoms with Crippen LogP contribution in [-0.4, -0.2) is 62.2 Å². The van der Waals surface area contributed by atoms with Crippen molar-refractivity contribution in [1.82, 2.24) is 14.5 Å². The van der Waals surface area contributed by atoms with E-state index in [0.717, 1.165) is 20.6 Å². The molecule has 2 atom stereocenters. The summed E-state index contributed by atoms with van der Waals surface area (Å²) in [5, 5.41) is 2.91. The van der Waals surface area contributed by atoms with Crippen molar-refractivity contribution in [2.45, 2.75) is 45.8 Å². The van der Waals surface area contributed by atoms with E-state index < -0.39 is 28.7 Å². The Morgan fingerprint density at radius 1 is 0.939 bits per heavy atom. The largest absolute Gasteiger partial charge is 0.352 e. The third-order valence-corrected chi connectivity index (χ3v) is 7.25. The van der Waals surface area contributed by atoms with Gasteiger partial charge in [-0.2, -0.15) is 12.7 Å². The van der Waals surface area contributed by atoms with Crippen LogP contribution in [0.3, 0.4) is 0 Å². The van der Waals surface area contributed by atoms with Crippen LogP contribution in [0.25, 0.3) is 0 Å². The van der Waals surface area contributed by atoms with Crippen LogP contribution >= 0.6 is 0 Å². The van der Waals surface area contributed by atoms with Crippen LogP contribution in [0.1, 0.15) is 32.8 Å². The van der Waals surface area contributed by atoms with Gasteiger partial charge in [-0.1, -0.05) is 55.5 Å². The summed E-state index contributed by atoms with van der Waals surface area (Å²) in [5.74, 6) is -0.754. The third-order valence-electron chi connectivity index (χ3n) is 5.43. The Kier molecular flexibility index (Phi) is 9.43. The molecule has 2 amide bonds. The lowest BCUT2D eigenvalue weighted by molar-refractivity contribution is -0.139. The van der Waals surface area contributed by atoms with Gasteiger partial charge in [-0.25, -0.2) is 4.31 Å². The van der Waals surface area contributed by atoms with Crippen LogP contribution in [-0.2, 0) is 26.3 Å². The van der Waals surface area contributed by atoms with E-state index in [9.17, 15) is 18.0 Å². The number of carbonyl (C=O) groups excluding carboxylic acids is 2. The van der Waals surface area contributed by atoms with E-state index >= 15 is 0 Å². The zero-order valence-electron chi connectivity index (χ0n) is 19.9. The van der Waals surface area contributed by atoms with E-state index in [0.29, 0.717) is 5.69 Å². The van der Waals surface area contributed by atoms with Crippen LogP contribution in [0.4, 0.5) is 5.69 Å². The van der Waals surface area contributed by atoms with E-state index in [-0.39, 0.29) is 18.5 Å². The number of hydrogen-bond donors (Lipinski definition) is 1. The lowest BCUT2D eigenvalue weighted by Gasteiger charge is -2.33. The van der Waals surface area contributed by atoms with Crippen LogP contribution in [0.15, 0.2) is 60.7 Å². The second kappa shape index (κ2) is 11.8. The normalized spacial score (nSPS) is 13.3. The molecule has 0 bridgehead atoms. The SMILES string of the molecule is CC[C@H](C)NC(=O)[C@@H](C)N(Cc1ccccc1)C(=O)CN(c1ccccc1)S(=O)(=O)N(C)C. The fourth-order valence-corrected chi connectivity index (χ4v) is 4.20. The maximum Gasteiger partial charge on any atom is 0.304 e. The minimum Gasteiger partial charge on any atom is -0.352 e. The summed E-state index contributed by atoms with van der Waals surface area (Å²) in [7, 11) is -1.11. The molecular weight excluding hydrogens is 440 g/mol. The molecule has 0 heterocycles. The zero-order valence-corrected chi connectivity index (χ0v) is 20.7. The number of nitrogens with one attached hydrogen (secondary N) is 1. The summed E-state index contributed by atoms with van der Waals surface area (Å²) in [5.41, 5.74) is 1.21. The van der Waals surface area contributed by atoms with Crippen molar-refractivity contribution in [1.29, 1.82) is 0 Å². The summed E-state index contributed by atoms with van der Waals surface area (Å²) in [4.78, 5) is 27.8. The van der Waals surface area contributed by atoms with Crippen LogP contribution in [0.2, 0.25) is 0 Å². The Hall–Kier alpha value is -2.91. The summed E-state index contributed by atoms with van der Waals surface area (Å²) < 4.78 is 28.2. The number of rotatable bonds is 11. The first-order valence-corrected chi connectivity index (χ1v) is 12.4. The van der Waals surface area contributed by atoms with Crippen molar-refractivity contribution in [2.24, 2.45) is 0 Å². The molecule has 0 spiro atoms. The Labute approximate surface area is 197 Å². The number of amides is 2. The quantitative estimate of drug-likeness (QED) is 0.542. The summed E-state index contributed by atoms with van der Waals surface area (Å²) in [6, 6.07) is 17.0. The standard InChI is InChI=1S/C24H34N4O4S/c1-6-19(2)25-24(30)20(3)27(17-21-13-9-7-10-14-21)23(29)18-28(33(31,32)26(4)5)22-15-11-8-12-16-22/h7-16,19-20H,6,17-18H2,1-5H3,(H,25,30)/t19-,20+/m0/s1. The highest BCUT2D eigenvalue weighted by molar-refractivity contribution is 7.90. The molecular formula is C24H34N4O4S. The molecule has 0 radical (unpaired) electrons. The van der Waals surface area contributed by atoms with Crippen LogP contribution in [0.5, 0.6) is 0 Å². The van der Waals surface area contributed by atoms with Gasteiger partial charge >= 0.3 is 10.2 Å². The second-order valence-electron chi connectivity index (χ2n) is 8.13. The van der Waals surface area contributed by atoms with Gasteiger partial charge in [0, 0.05) is 26.7 Å². The maximum absolute atomic E-state index is 13.5. The van der Waals surface area contributed by atoms with Gasteiger partial charge in [-0.15, -0.1) is 0 Å². The van der Waals surface area contributed by atoms with Crippen molar-refractivity contribution >= 4 is 27.7 Å². The van der Waals surface area contributed by atoms with Crippen molar-refractivity contribution < 1.29 is 18.0 Å². The van der Waals surface area contributed by atoms with Crippen LogP contribution < -0.4 is 9.62 Å². The van der Waals surface area contributed by atoms with Gasteiger partial charge in [-0.05, 0) is 38.0 Å². The van der Waals surface area contributed by atoms with Gasteiger partial charge in [0.2, 0.25) is 11.8 Å². The van der Waals surface area contributed by atoms with Crippen molar-refractivity contribution in [2.75, 3.05) is 24.9 Å². The molecule has 0 aliphatic rings. The number of benzene rings is 2. The molecule has 2 aromatic carbocycles. The van der Waals surface area contributed by atoms with Gasteiger partial charge in [0.1, 0.15) is 12.6 Å². The fraction of sp³-hybridized carbons (Fsp3) is 0.417. The molecule has 0 aliphatic carbocycles. The van der Waals surface area contributed by atoms with E-state index in [1.165, 1.54) is 19.0 Å². The Morgan fingerprint density at radius 2 is 1.48 bits per heavy atom. The first-order valence-electron chi connectivity index (χ1n) is 11.0. The summed E-state index contributed by atoms with van der Waals surface area (Å²) in [6.45, 7) is 5.27. The molecule has 0 aromatic heterocycles. The number of carbonyl (C=O) groups is 2. The highest BCUT2D eigenvalue weighted by Crippen LogP contribution is 2.20. The average molecular weight is 475 g/mol. The summed E-state index contributed by atoms with van der Waals surface area (Å²) in [6.07, 6.45) is 0.758. The molecule has 180 valence electrons. The minimum absolute atomic E-state index is 0.0384. The highest BCUT2D eigenvalue weighted by atomic mass is 32.2. The predicted molar refractivity (Wildman–Crippen MR) is 131 cm³/mol. The topological polar surface area (TPSA) is 90.0 Å². The third kappa shape index (κ3) is 7.03. The summed E-state index contributed by atoms with van der Waals surface area (Å²) >= 11 is 0.